The molecule has 0 spiro atoms. The minimum atomic E-state index is -0.432. The van der Waals surface area contributed by atoms with Crippen molar-refractivity contribution in [3.05, 3.63) is 60.0 Å². The molecule has 1 aromatic heterocycles. The zero-order valence-corrected chi connectivity index (χ0v) is 12.3. The highest BCUT2D eigenvalue weighted by molar-refractivity contribution is 6.16. The lowest BCUT2D eigenvalue weighted by Gasteiger charge is -2.11. The molecular formula is C17H17NO3. The van der Waals surface area contributed by atoms with Gasteiger partial charge in [0.25, 0.3) is 0 Å². The van der Waals surface area contributed by atoms with Crippen LogP contribution in [0.1, 0.15) is 11.1 Å². The van der Waals surface area contributed by atoms with E-state index in [1.165, 1.54) is 20.5 Å². The molecule has 0 amide bonds. The molecule has 0 unspecified atom stereocenters. The molecule has 0 bridgehead atoms. The molecule has 0 saturated heterocycles. The first-order valence-corrected chi connectivity index (χ1v) is 6.51. The lowest BCUT2D eigenvalue weighted by atomic mass is 9.97. The van der Waals surface area contributed by atoms with Crippen LogP contribution in [0.2, 0.25) is 0 Å². The third kappa shape index (κ3) is 3.28. The van der Waals surface area contributed by atoms with Crippen molar-refractivity contribution in [3.8, 4) is 11.3 Å². The van der Waals surface area contributed by atoms with Gasteiger partial charge in [-0.2, -0.15) is 0 Å². The third-order valence-corrected chi connectivity index (χ3v) is 3.13. The number of pyridine rings is 1. The van der Waals surface area contributed by atoms with Gasteiger partial charge in [-0.1, -0.05) is 18.2 Å². The van der Waals surface area contributed by atoms with Crippen LogP contribution in [0.15, 0.2) is 48.9 Å². The van der Waals surface area contributed by atoms with Crippen LogP contribution >= 0.6 is 0 Å². The maximum absolute atomic E-state index is 11.9. The smallest absolute Gasteiger partial charge is 0.341 e. The quantitative estimate of drug-likeness (QED) is 0.491. The van der Waals surface area contributed by atoms with Crippen LogP contribution in [0.5, 0.6) is 0 Å². The van der Waals surface area contributed by atoms with Crippen LogP contribution in [-0.2, 0) is 14.3 Å². The van der Waals surface area contributed by atoms with Gasteiger partial charge in [-0.3, -0.25) is 4.98 Å². The fourth-order valence-corrected chi connectivity index (χ4v) is 2.05. The van der Waals surface area contributed by atoms with Crippen molar-refractivity contribution < 1.29 is 14.3 Å². The average molecular weight is 283 g/mol. The number of carbonyl (C=O) groups is 1. The van der Waals surface area contributed by atoms with Gasteiger partial charge >= 0.3 is 5.97 Å². The number of carbonyl (C=O) groups excluding carboxylic acids is 1. The van der Waals surface area contributed by atoms with Crippen LogP contribution < -0.4 is 0 Å². The second-order valence-corrected chi connectivity index (χ2v) is 4.50. The number of esters is 1. The van der Waals surface area contributed by atoms with Gasteiger partial charge in [-0.05, 0) is 36.2 Å². The summed E-state index contributed by atoms with van der Waals surface area (Å²) < 4.78 is 9.82. The largest absolute Gasteiger partial charge is 0.503 e. The molecule has 0 aliphatic carbocycles. The van der Waals surface area contributed by atoms with Gasteiger partial charge in [-0.15, -0.1) is 0 Å². The molecule has 21 heavy (non-hydrogen) atoms. The van der Waals surface area contributed by atoms with E-state index in [4.69, 9.17) is 9.47 Å². The van der Waals surface area contributed by atoms with Gasteiger partial charge in [0.15, 0.2) is 0 Å². The topological polar surface area (TPSA) is 48.4 Å². The number of ether oxygens (including phenoxy) is 2. The predicted molar refractivity (Wildman–Crippen MR) is 81.4 cm³/mol. The number of rotatable bonds is 4. The van der Waals surface area contributed by atoms with E-state index in [1.54, 1.807) is 6.20 Å². The highest BCUT2D eigenvalue weighted by Crippen LogP contribution is 2.26. The van der Waals surface area contributed by atoms with E-state index in [-0.39, 0.29) is 0 Å². The first kappa shape index (κ1) is 14.8. The van der Waals surface area contributed by atoms with Gasteiger partial charge in [0, 0.05) is 11.8 Å². The van der Waals surface area contributed by atoms with E-state index in [0.29, 0.717) is 5.57 Å². The fraction of sp³-hybridized carbons (Fsp3) is 0.176. The first-order valence-electron chi connectivity index (χ1n) is 6.51. The molecule has 1 aromatic carbocycles. The van der Waals surface area contributed by atoms with Crippen LogP contribution in [0.4, 0.5) is 0 Å². The van der Waals surface area contributed by atoms with Crippen molar-refractivity contribution >= 4 is 11.5 Å². The molecule has 2 aromatic rings. The van der Waals surface area contributed by atoms with Gasteiger partial charge in [0.1, 0.15) is 5.57 Å². The Morgan fingerprint density at radius 3 is 2.62 bits per heavy atom. The molecule has 4 heteroatoms. The van der Waals surface area contributed by atoms with E-state index in [9.17, 15) is 4.79 Å². The van der Waals surface area contributed by atoms with Crippen molar-refractivity contribution in [2.45, 2.75) is 6.92 Å². The van der Waals surface area contributed by atoms with Gasteiger partial charge < -0.3 is 9.47 Å². The number of hydrogen-bond acceptors (Lipinski definition) is 4. The minimum absolute atomic E-state index is 0.385. The van der Waals surface area contributed by atoms with Crippen molar-refractivity contribution in [1.82, 2.24) is 4.98 Å². The molecule has 0 aliphatic heterocycles. The lowest BCUT2D eigenvalue weighted by molar-refractivity contribution is -0.133. The summed E-state index contributed by atoms with van der Waals surface area (Å²) in [6.45, 7) is 1.93. The standard InChI is InChI=1S/C17H17NO3/c1-12-7-8-13(16-6-4-5-9-18-16)10-14(12)15(11-20-2)17(19)21-3/h4-11H,1-3H3/b15-11+. The Bertz CT molecular complexity index is 663. The molecule has 0 radical (unpaired) electrons. The normalized spacial score (nSPS) is 11.1. The highest BCUT2D eigenvalue weighted by Gasteiger charge is 2.16. The van der Waals surface area contributed by atoms with Crippen molar-refractivity contribution in [2.75, 3.05) is 14.2 Å². The van der Waals surface area contributed by atoms with Crippen LogP contribution in [0.3, 0.4) is 0 Å². The molecule has 108 valence electrons. The Morgan fingerprint density at radius 2 is 2.00 bits per heavy atom. The second kappa shape index (κ2) is 6.70. The number of aryl methyl sites for hydroxylation is 1. The summed E-state index contributed by atoms with van der Waals surface area (Å²) in [4.78, 5) is 16.2. The summed E-state index contributed by atoms with van der Waals surface area (Å²) in [6.07, 6.45) is 3.14. The molecular weight excluding hydrogens is 266 g/mol. The third-order valence-electron chi connectivity index (χ3n) is 3.13. The molecule has 0 N–H and O–H groups in total. The van der Waals surface area contributed by atoms with Crippen molar-refractivity contribution in [1.29, 1.82) is 0 Å². The maximum Gasteiger partial charge on any atom is 0.341 e. The summed E-state index contributed by atoms with van der Waals surface area (Å²) in [5, 5.41) is 0. The fourth-order valence-electron chi connectivity index (χ4n) is 2.05. The van der Waals surface area contributed by atoms with Crippen LogP contribution in [0, 0.1) is 6.92 Å². The van der Waals surface area contributed by atoms with Crippen LogP contribution in [-0.4, -0.2) is 25.2 Å². The van der Waals surface area contributed by atoms with E-state index in [2.05, 4.69) is 4.98 Å². The van der Waals surface area contributed by atoms with Crippen molar-refractivity contribution in [3.63, 3.8) is 0 Å². The number of aromatic nitrogens is 1. The van der Waals surface area contributed by atoms with Crippen molar-refractivity contribution in [2.24, 2.45) is 0 Å². The average Bonchev–Trinajstić information content (AvgIpc) is 2.53. The molecule has 4 nitrogen and oxygen atoms in total. The molecule has 1 heterocycles. The zero-order chi connectivity index (χ0) is 15.2. The lowest BCUT2D eigenvalue weighted by Crippen LogP contribution is -2.06. The second-order valence-electron chi connectivity index (χ2n) is 4.50. The number of hydrogen-bond donors (Lipinski definition) is 0. The van der Waals surface area contributed by atoms with E-state index >= 15 is 0 Å². The Hall–Kier alpha value is -2.62. The summed E-state index contributed by atoms with van der Waals surface area (Å²) in [7, 11) is 2.85. The first-order chi connectivity index (χ1) is 10.2. The summed E-state index contributed by atoms with van der Waals surface area (Å²) in [5.74, 6) is -0.432. The highest BCUT2D eigenvalue weighted by atomic mass is 16.5. The Labute approximate surface area is 124 Å². The maximum atomic E-state index is 11.9. The summed E-state index contributed by atoms with van der Waals surface area (Å²) >= 11 is 0. The molecule has 0 atom stereocenters. The number of benzene rings is 1. The number of nitrogens with zero attached hydrogens (tertiary/aromatic N) is 1. The Morgan fingerprint density at radius 1 is 1.19 bits per heavy atom. The van der Waals surface area contributed by atoms with Crippen LogP contribution in [0.25, 0.3) is 16.8 Å². The predicted octanol–water partition coefficient (Wildman–Crippen LogP) is 3.22. The monoisotopic (exact) mass is 283 g/mol. The Balaban J connectivity index is 2.53. The zero-order valence-electron chi connectivity index (χ0n) is 12.3. The minimum Gasteiger partial charge on any atom is -0.503 e. The SMILES string of the molecule is CO/C=C(/C(=O)OC)c1cc(-c2ccccn2)ccc1C. The Kier molecular flexibility index (Phi) is 4.72. The molecule has 0 aliphatic rings. The molecule has 2 rings (SSSR count). The van der Waals surface area contributed by atoms with E-state index in [0.717, 1.165) is 22.4 Å². The summed E-state index contributed by atoms with van der Waals surface area (Å²) in [5.41, 5.74) is 3.90. The van der Waals surface area contributed by atoms with E-state index < -0.39 is 5.97 Å². The molecule has 0 fully saturated rings. The van der Waals surface area contributed by atoms with E-state index in [1.807, 2.05) is 43.3 Å². The van der Waals surface area contributed by atoms with Gasteiger partial charge in [-0.25, -0.2) is 4.79 Å². The van der Waals surface area contributed by atoms with Gasteiger partial charge in [0.2, 0.25) is 0 Å². The molecule has 0 saturated carbocycles. The summed E-state index contributed by atoms with van der Waals surface area (Å²) in [6, 6.07) is 11.6. The number of methoxy groups -OCH3 is 2. The van der Waals surface area contributed by atoms with Gasteiger partial charge in [0.05, 0.1) is 26.2 Å².